The third kappa shape index (κ3) is 4.26. The molecule has 29 heavy (non-hydrogen) atoms. The molecule has 3 rings (SSSR count). The van der Waals surface area contributed by atoms with Crippen molar-refractivity contribution in [2.24, 2.45) is 0 Å². The number of benzene rings is 2. The molecule has 1 aliphatic rings. The molecule has 0 spiro atoms. The fourth-order valence-corrected chi connectivity index (χ4v) is 3.55. The Labute approximate surface area is 169 Å². The molecule has 0 N–H and O–H groups in total. The first-order valence-corrected chi connectivity index (χ1v) is 9.40. The first kappa shape index (κ1) is 20.4. The van der Waals surface area contributed by atoms with Crippen LogP contribution in [0.1, 0.15) is 30.5 Å². The zero-order valence-electron chi connectivity index (χ0n) is 16.7. The third-order valence-corrected chi connectivity index (χ3v) is 5.08. The lowest BCUT2D eigenvalue weighted by Crippen LogP contribution is -2.42. The van der Waals surface area contributed by atoms with Crippen molar-refractivity contribution in [2.75, 3.05) is 27.4 Å². The quantitative estimate of drug-likeness (QED) is 0.522. The number of rotatable bonds is 7. The Hall–Kier alpha value is -3.29. The Kier molecular flexibility index (Phi) is 6.21. The lowest BCUT2D eigenvalue weighted by atomic mass is 9.92. The van der Waals surface area contributed by atoms with Crippen LogP contribution in [0.5, 0.6) is 17.2 Å². The van der Waals surface area contributed by atoms with Crippen molar-refractivity contribution in [1.29, 1.82) is 0 Å². The summed E-state index contributed by atoms with van der Waals surface area (Å²) < 4.78 is 16.7. The van der Waals surface area contributed by atoms with E-state index < -0.39 is 4.92 Å². The maximum absolute atomic E-state index is 12.5. The molecule has 8 heteroatoms. The molecular weight excluding hydrogens is 376 g/mol. The van der Waals surface area contributed by atoms with Crippen molar-refractivity contribution >= 4 is 11.6 Å². The molecule has 1 amide bonds. The average Bonchev–Trinajstić information content (AvgIpc) is 2.75. The summed E-state index contributed by atoms with van der Waals surface area (Å²) in [5.74, 6) is 1.80. The van der Waals surface area contributed by atoms with Crippen LogP contribution in [0, 0.1) is 10.1 Å². The van der Waals surface area contributed by atoms with E-state index in [1.165, 1.54) is 12.1 Å². The van der Waals surface area contributed by atoms with E-state index in [1.807, 2.05) is 24.0 Å². The number of methoxy groups -OCH3 is 2. The van der Waals surface area contributed by atoms with E-state index in [4.69, 9.17) is 14.2 Å². The van der Waals surface area contributed by atoms with Gasteiger partial charge in [0.2, 0.25) is 5.91 Å². The summed E-state index contributed by atoms with van der Waals surface area (Å²) in [6, 6.07) is 9.46. The van der Waals surface area contributed by atoms with Gasteiger partial charge in [-0.1, -0.05) is 6.92 Å². The Bertz CT molecular complexity index is 897. The number of nitro groups is 1. The van der Waals surface area contributed by atoms with Crippen LogP contribution in [0.25, 0.3) is 0 Å². The average molecular weight is 400 g/mol. The van der Waals surface area contributed by atoms with Crippen LogP contribution in [0.15, 0.2) is 36.4 Å². The highest BCUT2D eigenvalue weighted by molar-refractivity contribution is 5.77. The monoisotopic (exact) mass is 400 g/mol. The summed E-state index contributed by atoms with van der Waals surface area (Å²) in [5, 5.41) is 10.8. The van der Waals surface area contributed by atoms with E-state index >= 15 is 0 Å². The van der Waals surface area contributed by atoms with Gasteiger partial charge in [0, 0.05) is 25.1 Å². The molecule has 0 radical (unpaired) electrons. The van der Waals surface area contributed by atoms with Crippen LogP contribution in [0.2, 0.25) is 0 Å². The summed E-state index contributed by atoms with van der Waals surface area (Å²) in [4.78, 5) is 24.7. The smallest absolute Gasteiger partial charge is 0.269 e. The van der Waals surface area contributed by atoms with Gasteiger partial charge in [0.1, 0.15) is 12.4 Å². The van der Waals surface area contributed by atoms with E-state index in [1.54, 1.807) is 26.4 Å². The highest BCUT2D eigenvalue weighted by Gasteiger charge is 2.32. The van der Waals surface area contributed by atoms with E-state index in [9.17, 15) is 14.9 Å². The van der Waals surface area contributed by atoms with Gasteiger partial charge in [0.05, 0.1) is 25.2 Å². The second-order valence-corrected chi connectivity index (χ2v) is 6.67. The molecule has 1 atom stereocenters. The molecule has 0 saturated carbocycles. The number of amides is 1. The van der Waals surface area contributed by atoms with Crippen LogP contribution in [0.4, 0.5) is 5.69 Å². The van der Waals surface area contributed by atoms with Gasteiger partial charge in [-0.3, -0.25) is 14.9 Å². The van der Waals surface area contributed by atoms with Crippen LogP contribution in [-0.4, -0.2) is 43.1 Å². The molecule has 1 aliphatic heterocycles. The van der Waals surface area contributed by atoms with Gasteiger partial charge in [-0.05, 0) is 41.8 Å². The molecular formula is C21H24N2O6. The minimum absolute atomic E-state index is 0.0000179. The predicted molar refractivity (Wildman–Crippen MR) is 107 cm³/mol. The molecule has 2 aromatic carbocycles. The highest BCUT2D eigenvalue weighted by atomic mass is 16.6. The Morgan fingerprint density at radius 1 is 1.17 bits per heavy atom. The molecule has 154 valence electrons. The molecule has 1 heterocycles. The third-order valence-electron chi connectivity index (χ3n) is 5.08. The summed E-state index contributed by atoms with van der Waals surface area (Å²) >= 11 is 0. The van der Waals surface area contributed by atoms with Gasteiger partial charge in [-0.15, -0.1) is 0 Å². The van der Waals surface area contributed by atoms with Gasteiger partial charge in [0.25, 0.3) is 5.69 Å². The van der Waals surface area contributed by atoms with Gasteiger partial charge in [-0.25, -0.2) is 0 Å². The maximum Gasteiger partial charge on any atom is 0.269 e. The van der Waals surface area contributed by atoms with E-state index in [0.717, 1.165) is 17.5 Å². The van der Waals surface area contributed by atoms with Crippen LogP contribution < -0.4 is 14.2 Å². The molecule has 0 saturated heterocycles. The zero-order valence-corrected chi connectivity index (χ0v) is 16.7. The van der Waals surface area contributed by atoms with Crippen molar-refractivity contribution in [3.8, 4) is 17.2 Å². The Morgan fingerprint density at radius 3 is 2.41 bits per heavy atom. The number of carbonyl (C=O) groups is 1. The molecule has 0 fully saturated rings. The van der Waals surface area contributed by atoms with E-state index in [-0.39, 0.29) is 24.2 Å². The molecule has 0 aliphatic carbocycles. The summed E-state index contributed by atoms with van der Waals surface area (Å²) in [5.41, 5.74) is 2.04. The fraction of sp³-hybridized carbons (Fsp3) is 0.381. The summed E-state index contributed by atoms with van der Waals surface area (Å²) in [6.45, 7) is 2.65. The number of fused-ring (bicyclic) bond motifs is 1. The Balaban J connectivity index is 1.90. The van der Waals surface area contributed by atoms with Crippen molar-refractivity contribution in [3.63, 3.8) is 0 Å². The topological polar surface area (TPSA) is 91.1 Å². The van der Waals surface area contributed by atoms with Crippen LogP contribution in [-0.2, 0) is 11.2 Å². The van der Waals surface area contributed by atoms with Crippen molar-refractivity contribution in [2.45, 2.75) is 25.8 Å². The lowest BCUT2D eigenvalue weighted by Gasteiger charge is -2.37. The SMILES string of the molecule is CCC(=O)N1CCc2cc(OC)c(OC)cc2[C@H]1COc1ccc([N+](=O)[O-])cc1. The molecule has 0 bridgehead atoms. The van der Waals surface area contributed by atoms with Crippen LogP contribution >= 0.6 is 0 Å². The minimum Gasteiger partial charge on any atom is -0.493 e. The second kappa shape index (κ2) is 8.81. The zero-order chi connectivity index (χ0) is 21.0. The largest absolute Gasteiger partial charge is 0.493 e. The second-order valence-electron chi connectivity index (χ2n) is 6.67. The van der Waals surface area contributed by atoms with Crippen molar-refractivity contribution in [1.82, 2.24) is 4.90 Å². The number of carbonyl (C=O) groups excluding carboxylic acids is 1. The standard InChI is InChI=1S/C21H24N2O6/c1-4-21(24)22-10-9-14-11-19(27-2)20(28-3)12-17(14)18(22)13-29-16-7-5-15(6-8-16)23(25)26/h5-8,11-12,18H,4,9-10,13H2,1-3H3/t18-/m1/s1. The van der Waals surface area contributed by atoms with Gasteiger partial charge < -0.3 is 19.1 Å². The molecule has 2 aromatic rings. The number of hydrogen-bond donors (Lipinski definition) is 0. The fourth-order valence-electron chi connectivity index (χ4n) is 3.55. The number of non-ortho nitro benzene ring substituents is 1. The van der Waals surface area contributed by atoms with Crippen LogP contribution in [0.3, 0.4) is 0 Å². The normalized spacial score (nSPS) is 15.4. The molecule has 0 unspecified atom stereocenters. The van der Waals surface area contributed by atoms with E-state index in [2.05, 4.69) is 0 Å². The number of nitro benzene ring substituents is 1. The Morgan fingerprint density at radius 2 is 1.83 bits per heavy atom. The summed E-state index contributed by atoms with van der Waals surface area (Å²) in [7, 11) is 3.17. The number of hydrogen-bond acceptors (Lipinski definition) is 6. The highest BCUT2D eigenvalue weighted by Crippen LogP contribution is 2.38. The molecule has 0 aromatic heterocycles. The first-order chi connectivity index (χ1) is 14.0. The number of nitrogens with zero attached hydrogens (tertiary/aromatic N) is 2. The van der Waals surface area contributed by atoms with Gasteiger partial charge in [0.15, 0.2) is 11.5 Å². The van der Waals surface area contributed by atoms with Gasteiger partial charge >= 0.3 is 0 Å². The maximum atomic E-state index is 12.5. The van der Waals surface area contributed by atoms with Crippen molar-refractivity contribution < 1.29 is 23.9 Å². The first-order valence-electron chi connectivity index (χ1n) is 9.40. The lowest BCUT2D eigenvalue weighted by molar-refractivity contribution is -0.384. The molecule has 8 nitrogen and oxygen atoms in total. The van der Waals surface area contributed by atoms with Crippen molar-refractivity contribution in [3.05, 3.63) is 57.6 Å². The number of ether oxygens (including phenoxy) is 3. The predicted octanol–water partition coefficient (Wildman–Crippen LogP) is 3.53. The van der Waals surface area contributed by atoms with Gasteiger partial charge in [-0.2, -0.15) is 0 Å². The minimum atomic E-state index is -0.456. The summed E-state index contributed by atoms with van der Waals surface area (Å²) in [6.07, 6.45) is 1.12. The van der Waals surface area contributed by atoms with E-state index in [0.29, 0.717) is 30.2 Å².